The molecule has 14 rings (SSSR count). The molecule has 408 valence electrons. The summed E-state index contributed by atoms with van der Waals surface area (Å²) in [6.45, 7) is 4.72. The van der Waals surface area contributed by atoms with Crippen LogP contribution in [0, 0.1) is 0 Å². The number of nitrogen functional groups attached to an aromatic ring is 1. The van der Waals surface area contributed by atoms with Crippen molar-refractivity contribution in [1.82, 2.24) is 29.1 Å². The van der Waals surface area contributed by atoms with Gasteiger partial charge in [0.1, 0.15) is 11.6 Å². The maximum absolute atomic E-state index is 12.1. The largest absolute Gasteiger partial charge is 0.399 e. The highest BCUT2D eigenvalue weighted by Crippen LogP contribution is 2.49. The van der Waals surface area contributed by atoms with Crippen molar-refractivity contribution in [2.45, 2.75) is 69.0 Å². The van der Waals surface area contributed by atoms with Crippen LogP contribution in [0.1, 0.15) is 69.1 Å². The van der Waals surface area contributed by atoms with Crippen LogP contribution in [0.4, 0.5) is 28.7 Å². The molecule has 2 aliphatic heterocycles. The van der Waals surface area contributed by atoms with Crippen LogP contribution in [0.2, 0.25) is 0 Å². The van der Waals surface area contributed by atoms with E-state index in [4.69, 9.17) is 20.7 Å². The summed E-state index contributed by atoms with van der Waals surface area (Å²) in [7, 11) is -1.88. The van der Waals surface area contributed by atoms with E-state index in [1.807, 2.05) is 85.1 Å². The number of imidazole rings is 2. The van der Waals surface area contributed by atoms with Crippen LogP contribution < -0.4 is 16.4 Å². The Morgan fingerprint density at radius 1 is 0.531 bits per heavy atom. The molecule has 13 nitrogen and oxygen atoms in total. The third-order valence-corrected chi connectivity index (χ3v) is 16.9. The summed E-state index contributed by atoms with van der Waals surface area (Å²) in [5, 5.41) is 7.05. The van der Waals surface area contributed by atoms with E-state index in [0.29, 0.717) is 5.41 Å². The highest BCUT2D eigenvalue weighted by atomic mass is 35.7. The average Bonchev–Trinajstić information content (AvgIpc) is 3.73. The molecule has 16 heteroatoms. The lowest BCUT2D eigenvalue weighted by Gasteiger charge is -2.39. The molecule has 6 aromatic carbocycles. The molecule has 0 saturated heterocycles. The first-order chi connectivity index (χ1) is 38.9. The van der Waals surface area contributed by atoms with E-state index < -0.39 is 18.9 Å². The fraction of sp³-hybridized carbons (Fsp3) is 0.200. The number of benzene rings is 6. The molecule has 2 aliphatic carbocycles. The summed E-state index contributed by atoms with van der Waals surface area (Å²) in [6, 6.07) is 58.2. The molecule has 81 heavy (non-hydrogen) atoms. The standard InChI is InChI=1S/C33H30N4O2S.C31H27N5.CH3ClO2S/c1-33(17-7-18-33)25-15-13-23(14-16-25)30-29(24-9-5-8-22(20-24)21-40(2,38)39)36-32-26-10-3-4-11-27(26)35-31-28(37(30)32)12-6-19-34-31;1-31(16-6-17-31)22-14-12-20(13-15-22)28-27(21-7-4-8-23(32)19-21)35-30-24-9-2-3-10-25(24)34-29-26(36(28)30)11-5-18-33-29;1-5(2,3)4/h3-6,8-16,19-20H,7,17-18,21H2,1-2H3,(H,34,35);2-5,7-15,18-19H,6,16-17,32H2,1H3,(H,33,34);1H3. The van der Waals surface area contributed by atoms with E-state index in [1.54, 1.807) is 6.20 Å². The van der Waals surface area contributed by atoms with Crippen molar-refractivity contribution in [2.75, 3.05) is 28.9 Å². The molecule has 0 radical (unpaired) electrons. The second kappa shape index (κ2) is 20.9. The number of sulfone groups is 1. The Labute approximate surface area is 477 Å². The molecule has 0 amide bonds. The van der Waals surface area contributed by atoms with Gasteiger partial charge in [-0.15, -0.1) is 0 Å². The predicted molar refractivity (Wildman–Crippen MR) is 328 cm³/mol. The number of fused-ring (bicyclic) bond motifs is 10. The minimum atomic E-state index is -3.19. The van der Waals surface area contributed by atoms with Gasteiger partial charge in [0.05, 0.1) is 57.5 Å². The molecule has 0 atom stereocenters. The maximum atomic E-state index is 12.1. The Morgan fingerprint density at radius 2 is 0.963 bits per heavy atom. The van der Waals surface area contributed by atoms with E-state index >= 15 is 0 Å². The number of rotatable bonds is 8. The third-order valence-electron chi connectivity index (χ3n) is 16.1. The van der Waals surface area contributed by atoms with Gasteiger partial charge in [0, 0.05) is 68.4 Å². The minimum Gasteiger partial charge on any atom is -0.399 e. The van der Waals surface area contributed by atoms with Gasteiger partial charge >= 0.3 is 0 Å². The van der Waals surface area contributed by atoms with Crippen LogP contribution in [0.25, 0.3) is 79.2 Å². The first-order valence-electron chi connectivity index (χ1n) is 27.0. The first kappa shape index (κ1) is 53.3. The number of anilines is 5. The van der Waals surface area contributed by atoms with Crippen molar-refractivity contribution in [3.05, 3.63) is 199 Å². The average molecular weight is 1130 g/mol. The van der Waals surface area contributed by atoms with Crippen molar-refractivity contribution >= 4 is 58.3 Å². The van der Waals surface area contributed by atoms with Crippen molar-refractivity contribution in [1.29, 1.82) is 0 Å². The van der Waals surface area contributed by atoms with Gasteiger partial charge < -0.3 is 16.4 Å². The van der Waals surface area contributed by atoms with Gasteiger partial charge in [0.2, 0.25) is 9.05 Å². The second-order valence-electron chi connectivity index (χ2n) is 22.1. The summed E-state index contributed by atoms with van der Waals surface area (Å²) < 4.78 is 47.5. The number of halogens is 1. The molecule has 0 unspecified atom stereocenters. The molecule has 4 aromatic heterocycles. The number of para-hydroxylation sites is 2. The Balaban J connectivity index is 0.000000149. The SMILES string of the molecule is CC1(c2ccc(-c3c(-c4cccc(CS(C)(=O)=O)c4)nc4n3-c3cccnc3Nc3ccccc3-4)cc2)CCC1.CC1(c2ccc(-c3c(-c4cccc(N)c4)nc4n3-c3cccnc3Nc3ccccc3-4)cc2)CCC1.CS(=O)(=O)Cl. The molecular formula is C65H60ClN9O4S2. The number of hydrogen-bond acceptors (Lipinski definition) is 11. The van der Waals surface area contributed by atoms with Crippen molar-refractivity contribution < 1.29 is 16.8 Å². The van der Waals surface area contributed by atoms with E-state index in [1.165, 1.54) is 55.9 Å². The predicted octanol–water partition coefficient (Wildman–Crippen LogP) is 14.8. The lowest BCUT2D eigenvalue weighted by Crippen LogP contribution is -2.30. The normalized spacial score (nSPS) is 14.9. The molecule has 0 spiro atoms. The molecule has 2 saturated carbocycles. The number of nitrogens with two attached hydrogens (primary N) is 1. The fourth-order valence-corrected chi connectivity index (χ4v) is 12.4. The van der Waals surface area contributed by atoms with Gasteiger partial charge in [-0.1, -0.05) is 130 Å². The molecule has 2 fully saturated rings. The van der Waals surface area contributed by atoms with Gasteiger partial charge in [-0.25, -0.2) is 36.8 Å². The highest BCUT2D eigenvalue weighted by molar-refractivity contribution is 8.13. The quantitative estimate of drug-likeness (QED) is 0.0973. The molecule has 0 bridgehead atoms. The van der Waals surface area contributed by atoms with Crippen LogP contribution in [0.5, 0.6) is 0 Å². The van der Waals surface area contributed by atoms with Gasteiger partial charge in [-0.05, 0) is 120 Å². The molecule has 10 aromatic rings. The maximum Gasteiger partial charge on any atom is 0.229 e. The Kier molecular flexibility index (Phi) is 13.8. The monoisotopic (exact) mass is 1130 g/mol. The third kappa shape index (κ3) is 10.6. The van der Waals surface area contributed by atoms with Crippen LogP contribution in [-0.4, -0.2) is 58.4 Å². The molecule has 6 heterocycles. The highest BCUT2D eigenvalue weighted by Gasteiger charge is 2.36. The van der Waals surface area contributed by atoms with Gasteiger partial charge in [0.25, 0.3) is 0 Å². The minimum absolute atomic E-state index is 0.0173. The van der Waals surface area contributed by atoms with Gasteiger partial charge in [-0.2, -0.15) is 0 Å². The van der Waals surface area contributed by atoms with Gasteiger partial charge in [-0.3, -0.25) is 9.13 Å². The number of hydrogen-bond donors (Lipinski definition) is 3. The zero-order valence-electron chi connectivity index (χ0n) is 45.4. The molecule has 4 N–H and O–H groups in total. The fourth-order valence-electron chi connectivity index (χ4n) is 11.6. The van der Waals surface area contributed by atoms with E-state index in [9.17, 15) is 16.8 Å². The number of aromatic nitrogens is 6. The van der Waals surface area contributed by atoms with Crippen molar-refractivity contribution in [3.63, 3.8) is 0 Å². The zero-order chi connectivity index (χ0) is 56.3. The Morgan fingerprint density at radius 3 is 1.38 bits per heavy atom. The van der Waals surface area contributed by atoms with E-state index in [0.717, 1.165) is 120 Å². The number of nitrogens with one attached hydrogen (secondary N) is 2. The smallest absolute Gasteiger partial charge is 0.229 e. The number of nitrogens with zero attached hydrogens (tertiary/aromatic N) is 6. The Hall–Kier alpha value is -8.37. The molecule has 4 aliphatic rings. The van der Waals surface area contributed by atoms with Crippen molar-refractivity contribution in [2.24, 2.45) is 0 Å². The topological polar surface area (TPSA) is 180 Å². The van der Waals surface area contributed by atoms with Crippen molar-refractivity contribution in [3.8, 4) is 79.2 Å². The summed E-state index contributed by atoms with van der Waals surface area (Å²) in [4.78, 5) is 19.9. The lowest BCUT2D eigenvalue weighted by molar-refractivity contribution is 0.272. The zero-order valence-corrected chi connectivity index (χ0v) is 47.7. The first-order valence-corrected chi connectivity index (χ1v) is 31.8. The van der Waals surface area contributed by atoms with E-state index in [-0.39, 0.29) is 11.2 Å². The van der Waals surface area contributed by atoms with Crippen LogP contribution >= 0.6 is 10.7 Å². The van der Waals surface area contributed by atoms with E-state index in [2.05, 4.69) is 140 Å². The summed E-state index contributed by atoms with van der Waals surface area (Å²) in [6.07, 6.45) is 13.3. The van der Waals surface area contributed by atoms with Crippen LogP contribution in [-0.2, 0) is 35.5 Å². The Bertz CT molecular complexity index is 4270. The second-order valence-corrected chi connectivity index (χ2v) is 27.3. The lowest BCUT2D eigenvalue weighted by atomic mass is 9.66. The number of pyridine rings is 2. The summed E-state index contributed by atoms with van der Waals surface area (Å²) in [5.41, 5.74) is 24.5. The summed E-state index contributed by atoms with van der Waals surface area (Å²) in [5.74, 6) is 3.23. The summed E-state index contributed by atoms with van der Waals surface area (Å²) >= 11 is 0. The van der Waals surface area contributed by atoms with Gasteiger partial charge in [0.15, 0.2) is 21.5 Å². The van der Waals surface area contributed by atoms with Crippen LogP contribution in [0.15, 0.2) is 182 Å². The molecular weight excluding hydrogens is 1070 g/mol. The van der Waals surface area contributed by atoms with Crippen LogP contribution in [0.3, 0.4) is 0 Å².